The molecule has 4 bridgehead atoms. The highest BCUT2D eigenvalue weighted by atomic mass is 16.2. The van der Waals surface area contributed by atoms with Crippen molar-refractivity contribution in [1.29, 1.82) is 0 Å². The zero-order chi connectivity index (χ0) is 13.9. The first kappa shape index (κ1) is 12.2. The molecule has 0 aliphatic heterocycles. The third kappa shape index (κ3) is 1.75. The highest BCUT2D eigenvalue weighted by Crippen LogP contribution is 2.55. The lowest BCUT2D eigenvalue weighted by Gasteiger charge is -2.56. The summed E-state index contributed by atoms with van der Waals surface area (Å²) < 4.78 is 1.57. The molecule has 0 atom stereocenters. The summed E-state index contributed by atoms with van der Waals surface area (Å²) in [5.74, 6) is 2.42. The first-order chi connectivity index (χ1) is 9.55. The Morgan fingerprint density at radius 1 is 1.30 bits per heavy atom. The molecule has 20 heavy (non-hydrogen) atoms. The Bertz CT molecular complexity index is 507. The number of hydrogen-bond donors (Lipinski definition) is 2. The van der Waals surface area contributed by atoms with Gasteiger partial charge in [0.15, 0.2) is 0 Å². The van der Waals surface area contributed by atoms with Crippen molar-refractivity contribution >= 4 is 11.6 Å². The molecule has 5 nitrogen and oxygen atoms in total. The molecule has 0 unspecified atom stereocenters. The summed E-state index contributed by atoms with van der Waals surface area (Å²) >= 11 is 0. The van der Waals surface area contributed by atoms with E-state index in [9.17, 15) is 4.79 Å². The minimum atomic E-state index is -0.0514. The highest BCUT2D eigenvalue weighted by Gasteiger charge is 2.51. The monoisotopic (exact) mass is 274 g/mol. The molecule has 0 saturated heterocycles. The quantitative estimate of drug-likeness (QED) is 0.862. The van der Waals surface area contributed by atoms with Gasteiger partial charge in [0.05, 0.1) is 11.9 Å². The number of nitrogens with zero attached hydrogens (tertiary/aromatic N) is 2. The molecule has 0 aromatic carbocycles. The molecule has 4 saturated carbocycles. The van der Waals surface area contributed by atoms with E-state index in [2.05, 4.69) is 10.4 Å². The van der Waals surface area contributed by atoms with Crippen molar-refractivity contribution in [2.75, 3.05) is 5.73 Å². The molecule has 4 aliphatic rings. The maximum absolute atomic E-state index is 12.6. The molecule has 3 N–H and O–H groups in total. The lowest BCUT2D eigenvalue weighted by atomic mass is 9.53. The molecule has 4 fully saturated rings. The SMILES string of the molecule is Cn1ncc(N)c1C(=O)NC12CC3CC(CC(C3)C1)C2. The van der Waals surface area contributed by atoms with E-state index >= 15 is 0 Å². The fourth-order valence-electron chi connectivity index (χ4n) is 5.30. The van der Waals surface area contributed by atoms with Crippen LogP contribution in [0.5, 0.6) is 0 Å². The number of carbonyl (C=O) groups is 1. The Morgan fingerprint density at radius 3 is 2.30 bits per heavy atom. The van der Waals surface area contributed by atoms with Crippen LogP contribution in [0.4, 0.5) is 5.69 Å². The van der Waals surface area contributed by atoms with Gasteiger partial charge < -0.3 is 11.1 Å². The molecule has 0 radical (unpaired) electrons. The van der Waals surface area contributed by atoms with Gasteiger partial charge in [-0.15, -0.1) is 0 Å². The number of rotatable bonds is 2. The van der Waals surface area contributed by atoms with E-state index in [0.717, 1.165) is 37.0 Å². The molecule has 5 rings (SSSR count). The third-order valence-electron chi connectivity index (χ3n) is 5.60. The van der Waals surface area contributed by atoms with Crippen molar-refractivity contribution in [3.05, 3.63) is 11.9 Å². The number of nitrogen functional groups attached to an aromatic ring is 1. The molecule has 1 aromatic heterocycles. The molecule has 0 spiro atoms. The van der Waals surface area contributed by atoms with Crippen LogP contribution >= 0.6 is 0 Å². The second-order valence-corrected chi connectivity index (χ2v) is 7.22. The smallest absolute Gasteiger partial charge is 0.272 e. The van der Waals surface area contributed by atoms with Crippen LogP contribution in [0.25, 0.3) is 0 Å². The molecule has 5 heteroatoms. The van der Waals surface area contributed by atoms with Gasteiger partial charge >= 0.3 is 0 Å². The van der Waals surface area contributed by atoms with E-state index < -0.39 is 0 Å². The standard InChI is InChI=1S/C15H22N4O/c1-19-13(12(16)8-17-19)14(20)18-15-5-9-2-10(6-15)4-11(3-9)7-15/h8-11H,2-7,16H2,1H3,(H,18,20). The van der Waals surface area contributed by atoms with E-state index in [0.29, 0.717) is 11.4 Å². The summed E-state index contributed by atoms with van der Waals surface area (Å²) in [7, 11) is 1.77. The second-order valence-electron chi connectivity index (χ2n) is 7.22. The molecular formula is C15H22N4O. The topological polar surface area (TPSA) is 72.9 Å². The first-order valence-corrected chi connectivity index (χ1v) is 7.65. The van der Waals surface area contributed by atoms with Crippen molar-refractivity contribution in [2.24, 2.45) is 24.8 Å². The van der Waals surface area contributed by atoms with Crippen LogP contribution < -0.4 is 11.1 Å². The summed E-state index contributed by atoms with van der Waals surface area (Å²) in [6.45, 7) is 0. The van der Waals surface area contributed by atoms with E-state index in [1.807, 2.05) is 0 Å². The Morgan fingerprint density at radius 2 is 1.85 bits per heavy atom. The number of amides is 1. The summed E-state index contributed by atoms with van der Waals surface area (Å²) in [5.41, 5.74) is 6.86. The van der Waals surface area contributed by atoms with Gasteiger partial charge in [0.25, 0.3) is 5.91 Å². The fourth-order valence-corrected chi connectivity index (χ4v) is 5.30. The number of aryl methyl sites for hydroxylation is 1. The van der Waals surface area contributed by atoms with Crippen molar-refractivity contribution in [3.8, 4) is 0 Å². The highest BCUT2D eigenvalue weighted by molar-refractivity contribution is 5.97. The molecule has 1 aromatic rings. The van der Waals surface area contributed by atoms with Gasteiger partial charge in [-0.05, 0) is 56.3 Å². The van der Waals surface area contributed by atoms with Crippen LogP contribution in [0.3, 0.4) is 0 Å². The second kappa shape index (κ2) is 3.99. The van der Waals surface area contributed by atoms with Crippen molar-refractivity contribution < 1.29 is 4.79 Å². The van der Waals surface area contributed by atoms with Crippen LogP contribution in [0.2, 0.25) is 0 Å². The van der Waals surface area contributed by atoms with Crippen LogP contribution in [0.1, 0.15) is 49.0 Å². The zero-order valence-corrected chi connectivity index (χ0v) is 11.9. The normalized spacial score (nSPS) is 38.1. The maximum Gasteiger partial charge on any atom is 0.272 e. The van der Waals surface area contributed by atoms with Gasteiger partial charge in [-0.3, -0.25) is 9.48 Å². The Balaban J connectivity index is 1.58. The predicted octanol–water partition coefficient (Wildman–Crippen LogP) is 1.70. The summed E-state index contributed by atoms with van der Waals surface area (Å²) in [5, 5.41) is 7.39. The minimum Gasteiger partial charge on any atom is -0.396 e. The van der Waals surface area contributed by atoms with Crippen LogP contribution in [0.15, 0.2) is 6.20 Å². The van der Waals surface area contributed by atoms with Crippen LogP contribution in [-0.2, 0) is 7.05 Å². The van der Waals surface area contributed by atoms with E-state index in [1.165, 1.54) is 19.3 Å². The van der Waals surface area contributed by atoms with Crippen LogP contribution in [-0.4, -0.2) is 21.2 Å². The van der Waals surface area contributed by atoms with E-state index in [4.69, 9.17) is 5.73 Å². The average molecular weight is 274 g/mol. The average Bonchev–Trinajstić information content (AvgIpc) is 2.66. The van der Waals surface area contributed by atoms with Crippen LogP contribution in [0, 0.1) is 17.8 Å². The zero-order valence-electron chi connectivity index (χ0n) is 11.9. The van der Waals surface area contributed by atoms with E-state index in [1.54, 1.807) is 17.9 Å². The molecule has 1 amide bonds. The Hall–Kier alpha value is -1.52. The number of nitrogens with two attached hydrogens (primary N) is 1. The van der Waals surface area contributed by atoms with Gasteiger partial charge in [-0.1, -0.05) is 0 Å². The summed E-state index contributed by atoms with van der Waals surface area (Å²) in [6.07, 6.45) is 9.15. The van der Waals surface area contributed by atoms with Gasteiger partial charge in [-0.2, -0.15) is 5.10 Å². The predicted molar refractivity (Wildman–Crippen MR) is 76.0 cm³/mol. The fraction of sp³-hybridized carbons (Fsp3) is 0.733. The molecule has 4 aliphatic carbocycles. The van der Waals surface area contributed by atoms with Gasteiger partial charge in [0, 0.05) is 12.6 Å². The number of nitrogens with one attached hydrogen (secondary N) is 1. The molecular weight excluding hydrogens is 252 g/mol. The maximum atomic E-state index is 12.6. The molecule has 1 heterocycles. The largest absolute Gasteiger partial charge is 0.396 e. The van der Waals surface area contributed by atoms with E-state index in [-0.39, 0.29) is 11.4 Å². The first-order valence-electron chi connectivity index (χ1n) is 7.65. The lowest BCUT2D eigenvalue weighted by Crippen LogP contribution is -2.60. The summed E-state index contributed by atoms with van der Waals surface area (Å²) in [4.78, 5) is 12.6. The summed E-state index contributed by atoms with van der Waals surface area (Å²) in [6, 6.07) is 0. The van der Waals surface area contributed by atoms with Gasteiger partial charge in [0.2, 0.25) is 0 Å². The lowest BCUT2D eigenvalue weighted by molar-refractivity contribution is -0.0168. The number of aromatic nitrogens is 2. The third-order valence-corrected chi connectivity index (χ3v) is 5.60. The van der Waals surface area contributed by atoms with Crippen molar-refractivity contribution in [1.82, 2.24) is 15.1 Å². The number of carbonyl (C=O) groups excluding carboxylic acids is 1. The van der Waals surface area contributed by atoms with Crippen molar-refractivity contribution in [2.45, 2.75) is 44.1 Å². The number of hydrogen-bond acceptors (Lipinski definition) is 3. The van der Waals surface area contributed by atoms with Gasteiger partial charge in [-0.25, -0.2) is 0 Å². The minimum absolute atomic E-state index is 0.0303. The Kier molecular flexibility index (Phi) is 2.44. The Labute approximate surface area is 118 Å². The van der Waals surface area contributed by atoms with Crippen molar-refractivity contribution in [3.63, 3.8) is 0 Å². The van der Waals surface area contributed by atoms with Gasteiger partial charge in [0.1, 0.15) is 5.69 Å². The number of anilines is 1. The molecule has 108 valence electrons.